The van der Waals surface area contributed by atoms with Gasteiger partial charge in [0.15, 0.2) is 0 Å². The van der Waals surface area contributed by atoms with Crippen LogP contribution < -0.4 is 0 Å². The van der Waals surface area contributed by atoms with Crippen molar-refractivity contribution in [2.75, 3.05) is 0 Å². The van der Waals surface area contributed by atoms with E-state index >= 15 is 0 Å². The number of unbranched alkanes of at least 4 members (excludes halogenated alkanes) is 30. The summed E-state index contributed by atoms with van der Waals surface area (Å²) in [5, 5.41) is 2.08. The lowest BCUT2D eigenvalue weighted by Crippen LogP contribution is -1.99. The number of hydrogen-bond acceptors (Lipinski definition) is 2. The summed E-state index contributed by atoms with van der Waals surface area (Å²) in [6, 6.07) is 9.68. The van der Waals surface area contributed by atoms with E-state index in [2.05, 4.69) is 26.0 Å². The first-order valence-corrected chi connectivity index (χ1v) is 23.4. The highest BCUT2D eigenvalue weighted by molar-refractivity contribution is 7.85. The van der Waals surface area contributed by atoms with Crippen molar-refractivity contribution < 1.29 is 13.0 Å². The molecule has 0 bridgehead atoms. The molecular weight excluding hydrogens is 633 g/mol. The molecule has 0 heterocycles. The average Bonchev–Trinajstić information content (AvgIpc) is 3.10. The van der Waals surface area contributed by atoms with Crippen LogP contribution in [-0.4, -0.2) is 13.0 Å². The first-order chi connectivity index (χ1) is 24.5. The Kier molecular flexibility index (Phi) is 27.0. The van der Waals surface area contributed by atoms with Gasteiger partial charge >= 0.3 is 0 Å². The first kappa shape index (κ1) is 44.8. The molecule has 288 valence electrons. The number of rotatable bonds is 35. The fourth-order valence-corrected chi connectivity index (χ4v) is 8.24. The summed E-state index contributed by atoms with van der Waals surface area (Å²) in [5.41, 5.74) is 2.61. The predicted molar refractivity (Wildman–Crippen MR) is 220 cm³/mol. The molecule has 0 aromatic heterocycles. The Balaban J connectivity index is 1.63. The summed E-state index contributed by atoms with van der Waals surface area (Å²) in [6.07, 6.45) is 46.0. The Bertz CT molecular complexity index is 1190. The van der Waals surface area contributed by atoms with Crippen molar-refractivity contribution in [3.8, 4) is 0 Å². The van der Waals surface area contributed by atoms with Crippen molar-refractivity contribution in [3.05, 3.63) is 41.5 Å². The van der Waals surface area contributed by atoms with E-state index in [4.69, 9.17) is 0 Å². The summed E-state index contributed by atoms with van der Waals surface area (Å²) in [4.78, 5) is 0.00350. The fourth-order valence-electron chi connectivity index (χ4n) is 7.73. The van der Waals surface area contributed by atoms with Crippen LogP contribution in [0.3, 0.4) is 0 Å². The van der Waals surface area contributed by atoms with E-state index in [1.807, 2.05) is 6.07 Å². The van der Waals surface area contributed by atoms with Crippen molar-refractivity contribution >= 4 is 20.9 Å². The van der Waals surface area contributed by atoms with E-state index in [0.717, 1.165) is 30.0 Å². The van der Waals surface area contributed by atoms with Crippen LogP contribution in [0.15, 0.2) is 35.2 Å². The summed E-state index contributed by atoms with van der Waals surface area (Å²) < 4.78 is 33.5. The van der Waals surface area contributed by atoms with Crippen LogP contribution in [0, 0.1) is 0 Å². The van der Waals surface area contributed by atoms with Gasteiger partial charge in [-0.25, -0.2) is 0 Å². The normalized spacial score (nSPS) is 12.0. The van der Waals surface area contributed by atoms with Gasteiger partial charge in [-0.05, 0) is 59.7 Å². The molecule has 1 N–H and O–H groups in total. The van der Waals surface area contributed by atoms with Crippen LogP contribution in [0.2, 0.25) is 0 Å². The molecule has 0 saturated heterocycles. The second-order valence-corrected chi connectivity index (χ2v) is 17.1. The molecule has 0 aliphatic heterocycles. The van der Waals surface area contributed by atoms with Gasteiger partial charge in [0.25, 0.3) is 10.1 Å². The minimum atomic E-state index is -4.21. The average molecular weight is 713 g/mol. The lowest BCUT2D eigenvalue weighted by Gasteiger charge is -2.12. The molecule has 2 aromatic rings. The third-order valence-electron chi connectivity index (χ3n) is 11.0. The van der Waals surface area contributed by atoms with Gasteiger partial charge in [-0.1, -0.05) is 225 Å². The molecule has 4 heteroatoms. The minimum absolute atomic E-state index is 0.00350. The molecule has 2 rings (SSSR count). The minimum Gasteiger partial charge on any atom is -0.282 e. The van der Waals surface area contributed by atoms with Crippen molar-refractivity contribution in [2.45, 2.75) is 237 Å². The van der Waals surface area contributed by atoms with E-state index in [1.54, 1.807) is 12.1 Å². The highest BCUT2D eigenvalue weighted by Crippen LogP contribution is 2.27. The molecule has 0 amide bonds. The molecule has 0 radical (unpaired) electrons. The zero-order valence-corrected chi connectivity index (χ0v) is 33.9. The van der Waals surface area contributed by atoms with Gasteiger partial charge in [0, 0.05) is 0 Å². The monoisotopic (exact) mass is 713 g/mol. The highest BCUT2D eigenvalue weighted by Gasteiger charge is 2.13. The molecule has 0 aliphatic rings. The standard InChI is InChI=1S/C46H80O3S/c1-3-5-7-9-11-13-15-17-19-21-23-25-27-29-31-33-35-42-39-43(46-41-45(50(47,48)49)38-37-44(46)40-42)36-34-32-30-28-26-24-22-20-18-16-14-12-10-8-6-4-2/h37-41H,3-36H2,1-2H3,(H,47,48,49). The molecular formula is C46H80O3S. The maximum atomic E-state index is 11.9. The summed E-state index contributed by atoms with van der Waals surface area (Å²) in [7, 11) is -4.21. The molecule has 0 saturated carbocycles. The fraction of sp³-hybridized carbons (Fsp3) is 0.783. The molecule has 0 spiro atoms. The largest absolute Gasteiger partial charge is 0.294 e. The number of aryl methyl sites for hydroxylation is 2. The Morgan fingerprint density at radius 1 is 0.420 bits per heavy atom. The first-order valence-electron chi connectivity index (χ1n) is 22.0. The topological polar surface area (TPSA) is 54.4 Å². The second kappa shape index (κ2) is 30.1. The van der Waals surface area contributed by atoms with Gasteiger partial charge in [-0.2, -0.15) is 8.42 Å². The third kappa shape index (κ3) is 22.5. The van der Waals surface area contributed by atoms with E-state index in [-0.39, 0.29) is 4.90 Å². The van der Waals surface area contributed by atoms with Crippen molar-refractivity contribution in [1.29, 1.82) is 0 Å². The molecule has 0 unspecified atom stereocenters. The number of benzene rings is 2. The van der Waals surface area contributed by atoms with E-state index < -0.39 is 10.1 Å². The lowest BCUT2D eigenvalue weighted by atomic mass is 9.94. The Morgan fingerprint density at radius 3 is 1.12 bits per heavy atom. The summed E-state index contributed by atoms with van der Waals surface area (Å²) in [6.45, 7) is 4.58. The smallest absolute Gasteiger partial charge is 0.282 e. The van der Waals surface area contributed by atoms with Crippen molar-refractivity contribution in [2.24, 2.45) is 0 Å². The summed E-state index contributed by atoms with van der Waals surface area (Å²) in [5.74, 6) is 0. The summed E-state index contributed by atoms with van der Waals surface area (Å²) >= 11 is 0. The zero-order valence-electron chi connectivity index (χ0n) is 33.1. The van der Waals surface area contributed by atoms with Crippen molar-refractivity contribution in [1.82, 2.24) is 0 Å². The third-order valence-corrected chi connectivity index (χ3v) is 11.8. The maximum absolute atomic E-state index is 11.9. The van der Waals surface area contributed by atoms with E-state index in [9.17, 15) is 13.0 Å². The second-order valence-electron chi connectivity index (χ2n) is 15.7. The van der Waals surface area contributed by atoms with Gasteiger partial charge < -0.3 is 0 Å². The molecule has 2 aromatic carbocycles. The van der Waals surface area contributed by atoms with Gasteiger partial charge in [-0.3, -0.25) is 4.55 Å². The van der Waals surface area contributed by atoms with Crippen LogP contribution in [0.4, 0.5) is 0 Å². The van der Waals surface area contributed by atoms with Gasteiger partial charge in [0.2, 0.25) is 0 Å². The lowest BCUT2D eigenvalue weighted by molar-refractivity contribution is 0.483. The van der Waals surface area contributed by atoms with Crippen LogP contribution in [0.5, 0.6) is 0 Å². The molecule has 0 atom stereocenters. The number of hydrogen-bond donors (Lipinski definition) is 1. The van der Waals surface area contributed by atoms with Crippen LogP contribution in [-0.2, 0) is 23.0 Å². The van der Waals surface area contributed by atoms with E-state index in [0.29, 0.717) is 0 Å². The molecule has 50 heavy (non-hydrogen) atoms. The van der Waals surface area contributed by atoms with Crippen molar-refractivity contribution in [3.63, 3.8) is 0 Å². The van der Waals surface area contributed by atoms with Crippen LogP contribution in [0.1, 0.15) is 230 Å². The Labute approximate surface area is 311 Å². The zero-order chi connectivity index (χ0) is 36.0. The van der Waals surface area contributed by atoms with Gasteiger partial charge in [0.05, 0.1) is 4.90 Å². The molecule has 3 nitrogen and oxygen atoms in total. The molecule has 0 aliphatic carbocycles. The van der Waals surface area contributed by atoms with Crippen LogP contribution in [0.25, 0.3) is 10.8 Å². The highest BCUT2D eigenvalue weighted by atomic mass is 32.2. The van der Waals surface area contributed by atoms with Gasteiger partial charge in [0.1, 0.15) is 0 Å². The Hall–Kier alpha value is -1.39. The quantitative estimate of drug-likeness (QED) is 0.0572. The number of fused-ring (bicyclic) bond motifs is 1. The Morgan fingerprint density at radius 2 is 0.760 bits per heavy atom. The van der Waals surface area contributed by atoms with Crippen LogP contribution >= 0.6 is 0 Å². The SMILES string of the molecule is CCCCCCCCCCCCCCCCCCc1cc(CCCCCCCCCCCCCCCCCC)c2cc(S(=O)(=O)O)ccc2c1. The maximum Gasteiger partial charge on any atom is 0.294 e. The van der Waals surface area contributed by atoms with Gasteiger partial charge in [-0.15, -0.1) is 0 Å². The van der Waals surface area contributed by atoms with E-state index in [1.165, 1.54) is 210 Å². The predicted octanol–water partition coefficient (Wildman–Crippen LogP) is 15.7. The molecule has 0 fully saturated rings.